The van der Waals surface area contributed by atoms with E-state index in [1.807, 2.05) is 19.3 Å². The van der Waals surface area contributed by atoms with Crippen molar-refractivity contribution >= 4 is 5.95 Å². The molecule has 1 saturated heterocycles. The fraction of sp³-hybridized carbons (Fsp3) is 0.733. The fourth-order valence-electron chi connectivity index (χ4n) is 2.67. The first-order valence-corrected chi connectivity index (χ1v) is 7.67. The first-order valence-electron chi connectivity index (χ1n) is 7.67. The van der Waals surface area contributed by atoms with Crippen LogP contribution in [0.5, 0.6) is 0 Å². The van der Waals surface area contributed by atoms with Gasteiger partial charge in [-0.15, -0.1) is 0 Å². The number of aromatic nitrogens is 2. The molecule has 0 amide bonds. The lowest BCUT2D eigenvalue weighted by atomic mass is 10.1. The van der Waals surface area contributed by atoms with E-state index in [0.29, 0.717) is 11.9 Å². The van der Waals surface area contributed by atoms with Crippen LogP contribution in [0.25, 0.3) is 0 Å². The van der Waals surface area contributed by atoms with E-state index in [4.69, 9.17) is 4.74 Å². The zero-order chi connectivity index (χ0) is 15.1. The molecule has 0 radical (unpaired) electrons. The number of nitrogens with zero attached hydrogens (tertiary/aromatic N) is 4. The minimum absolute atomic E-state index is 0.560. The maximum Gasteiger partial charge on any atom is 0.222 e. The molecular weight excluding hydrogens is 266 g/mol. The number of ether oxygens (including phenoxy) is 1. The van der Waals surface area contributed by atoms with Crippen LogP contribution in [0.1, 0.15) is 12.5 Å². The van der Waals surface area contributed by atoms with Crippen molar-refractivity contribution in [1.29, 1.82) is 0 Å². The number of nitrogens with one attached hydrogen (secondary N) is 1. The average Bonchev–Trinajstić information content (AvgIpc) is 2.66. The molecule has 0 spiro atoms. The second-order valence-corrected chi connectivity index (χ2v) is 5.88. The van der Waals surface area contributed by atoms with Crippen molar-refractivity contribution < 1.29 is 4.74 Å². The molecule has 6 nitrogen and oxygen atoms in total. The lowest BCUT2D eigenvalue weighted by Crippen LogP contribution is -2.34. The molecule has 1 aliphatic rings. The van der Waals surface area contributed by atoms with E-state index in [-0.39, 0.29) is 0 Å². The molecule has 0 unspecified atom stereocenters. The Bertz CT molecular complexity index is 409. The van der Waals surface area contributed by atoms with Crippen molar-refractivity contribution in [3.8, 4) is 0 Å². The third kappa shape index (κ3) is 5.57. The topological polar surface area (TPSA) is 53.5 Å². The maximum absolute atomic E-state index is 5.72. The largest absolute Gasteiger partial charge is 0.380 e. The highest BCUT2D eigenvalue weighted by Gasteiger charge is 2.19. The van der Waals surface area contributed by atoms with E-state index >= 15 is 0 Å². The van der Waals surface area contributed by atoms with Gasteiger partial charge in [-0.05, 0) is 21.0 Å². The molecule has 1 atom stereocenters. The first kappa shape index (κ1) is 16.1. The summed E-state index contributed by atoms with van der Waals surface area (Å²) in [4.78, 5) is 13.3. The minimum atomic E-state index is 0.560. The van der Waals surface area contributed by atoms with Gasteiger partial charge in [0.05, 0.1) is 13.2 Å². The van der Waals surface area contributed by atoms with Crippen molar-refractivity contribution in [1.82, 2.24) is 19.8 Å². The highest BCUT2D eigenvalue weighted by atomic mass is 16.5. The SMILES string of the molecule is CCNc1ncc(CN2CCOC[C@@H](CN(C)C)C2)cn1. The Balaban J connectivity index is 1.90. The summed E-state index contributed by atoms with van der Waals surface area (Å²) in [5.41, 5.74) is 1.15. The Kier molecular flexibility index (Phi) is 6.35. The van der Waals surface area contributed by atoms with Gasteiger partial charge in [-0.1, -0.05) is 0 Å². The molecule has 0 saturated carbocycles. The molecule has 1 aliphatic heterocycles. The molecule has 0 bridgehead atoms. The molecule has 2 rings (SSSR count). The van der Waals surface area contributed by atoms with Crippen LogP contribution < -0.4 is 5.32 Å². The third-order valence-corrected chi connectivity index (χ3v) is 3.49. The summed E-state index contributed by atoms with van der Waals surface area (Å²) in [7, 11) is 4.23. The van der Waals surface area contributed by atoms with Crippen LogP contribution in [0.2, 0.25) is 0 Å². The molecule has 21 heavy (non-hydrogen) atoms. The van der Waals surface area contributed by atoms with Crippen molar-refractivity contribution in [2.45, 2.75) is 13.5 Å². The zero-order valence-electron chi connectivity index (χ0n) is 13.4. The monoisotopic (exact) mass is 293 g/mol. The molecule has 1 aromatic heterocycles. The molecular formula is C15H27N5O. The summed E-state index contributed by atoms with van der Waals surface area (Å²) < 4.78 is 5.72. The van der Waals surface area contributed by atoms with Crippen LogP contribution in [0, 0.1) is 5.92 Å². The second kappa shape index (κ2) is 8.26. The van der Waals surface area contributed by atoms with Gasteiger partial charge in [0.25, 0.3) is 0 Å². The summed E-state index contributed by atoms with van der Waals surface area (Å²) in [5.74, 6) is 1.26. The Morgan fingerprint density at radius 3 is 2.81 bits per heavy atom. The van der Waals surface area contributed by atoms with E-state index < -0.39 is 0 Å². The third-order valence-electron chi connectivity index (χ3n) is 3.49. The Morgan fingerprint density at radius 2 is 2.14 bits per heavy atom. The first-order chi connectivity index (χ1) is 10.2. The van der Waals surface area contributed by atoms with Gasteiger partial charge in [0.1, 0.15) is 0 Å². The molecule has 6 heteroatoms. The predicted molar refractivity (Wildman–Crippen MR) is 84.3 cm³/mol. The lowest BCUT2D eigenvalue weighted by molar-refractivity contribution is 0.112. The van der Waals surface area contributed by atoms with E-state index in [1.54, 1.807) is 0 Å². The lowest BCUT2D eigenvalue weighted by Gasteiger charge is -2.25. The zero-order valence-corrected chi connectivity index (χ0v) is 13.4. The van der Waals surface area contributed by atoms with E-state index in [1.165, 1.54) is 0 Å². The van der Waals surface area contributed by atoms with Crippen LogP contribution in [-0.4, -0.2) is 73.3 Å². The van der Waals surface area contributed by atoms with Gasteiger partial charge in [-0.3, -0.25) is 4.90 Å². The smallest absolute Gasteiger partial charge is 0.222 e. The highest BCUT2D eigenvalue weighted by Crippen LogP contribution is 2.12. The summed E-state index contributed by atoms with van der Waals surface area (Å²) in [6.07, 6.45) is 3.83. The summed E-state index contributed by atoms with van der Waals surface area (Å²) in [6.45, 7) is 8.53. The number of anilines is 1. The van der Waals surface area contributed by atoms with Gasteiger partial charge in [0.15, 0.2) is 0 Å². The number of hydrogen-bond acceptors (Lipinski definition) is 6. The molecule has 1 aromatic rings. The number of rotatable bonds is 6. The van der Waals surface area contributed by atoms with E-state index in [2.05, 4.69) is 39.2 Å². The van der Waals surface area contributed by atoms with Crippen molar-refractivity contribution in [3.05, 3.63) is 18.0 Å². The normalized spacial score (nSPS) is 20.5. The fourth-order valence-corrected chi connectivity index (χ4v) is 2.67. The minimum Gasteiger partial charge on any atom is -0.380 e. The summed E-state index contributed by atoms with van der Waals surface area (Å²) >= 11 is 0. The maximum atomic E-state index is 5.72. The van der Waals surface area contributed by atoms with E-state index in [9.17, 15) is 0 Å². The Labute approximate surface area is 127 Å². The van der Waals surface area contributed by atoms with Gasteiger partial charge < -0.3 is 15.0 Å². The number of hydrogen-bond donors (Lipinski definition) is 1. The van der Waals surface area contributed by atoms with Crippen molar-refractivity contribution in [2.75, 3.05) is 58.8 Å². The molecule has 2 heterocycles. The molecule has 1 N–H and O–H groups in total. The average molecular weight is 293 g/mol. The standard InChI is InChI=1S/C15H27N5O/c1-4-16-15-17-7-13(8-18-15)10-20-5-6-21-12-14(11-20)9-19(2)3/h7-8,14H,4-6,9-12H2,1-3H3,(H,16,17,18)/t14-/m0/s1. The molecule has 118 valence electrons. The van der Waals surface area contributed by atoms with Crippen LogP contribution in [0.4, 0.5) is 5.95 Å². The van der Waals surface area contributed by atoms with Gasteiger partial charge >= 0.3 is 0 Å². The second-order valence-electron chi connectivity index (χ2n) is 5.88. The van der Waals surface area contributed by atoms with Gasteiger partial charge in [-0.25, -0.2) is 9.97 Å². The van der Waals surface area contributed by atoms with Gasteiger partial charge in [0.2, 0.25) is 5.95 Å². The van der Waals surface area contributed by atoms with Crippen LogP contribution in [0.15, 0.2) is 12.4 Å². The highest BCUT2D eigenvalue weighted by molar-refractivity contribution is 5.24. The van der Waals surface area contributed by atoms with Crippen LogP contribution >= 0.6 is 0 Å². The van der Waals surface area contributed by atoms with Gasteiger partial charge in [-0.2, -0.15) is 0 Å². The summed E-state index contributed by atoms with van der Waals surface area (Å²) in [6, 6.07) is 0. The van der Waals surface area contributed by atoms with E-state index in [0.717, 1.165) is 51.5 Å². The predicted octanol–water partition coefficient (Wildman–Crippen LogP) is 0.918. The van der Waals surface area contributed by atoms with Crippen molar-refractivity contribution in [2.24, 2.45) is 5.92 Å². The molecule has 0 aliphatic carbocycles. The Morgan fingerprint density at radius 1 is 1.38 bits per heavy atom. The Hall–Kier alpha value is -1.24. The van der Waals surface area contributed by atoms with Gasteiger partial charge in [0, 0.05) is 56.6 Å². The molecule has 0 aromatic carbocycles. The van der Waals surface area contributed by atoms with Crippen LogP contribution in [0.3, 0.4) is 0 Å². The summed E-state index contributed by atoms with van der Waals surface area (Å²) in [5, 5.41) is 3.12. The quantitative estimate of drug-likeness (QED) is 0.842. The van der Waals surface area contributed by atoms with Crippen LogP contribution in [-0.2, 0) is 11.3 Å². The van der Waals surface area contributed by atoms with Crippen molar-refractivity contribution in [3.63, 3.8) is 0 Å². The molecule has 1 fully saturated rings.